The van der Waals surface area contributed by atoms with Crippen LogP contribution >= 0.6 is 11.6 Å². The van der Waals surface area contributed by atoms with Crippen LogP contribution in [0.4, 0.5) is 15.3 Å². The number of urea groups is 1. The zero-order valence-corrected chi connectivity index (χ0v) is 13.1. The Morgan fingerprint density at radius 1 is 1.14 bits per heavy atom. The number of hydrogen-bond acceptors (Lipinski definition) is 3. The van der Waals surface area contributed by atoms with E-state index in [9.17, 15) is 9.59 Å². The molecule has 0 radical (unpaired) electrons. The van der Waals surface area contributed by atoms with E-state index in [2.05, 4.69) is 16.0 Å². The zero-order valence-electron chi connectivity index (χ0n) is 12.3. The third-order valence-electron chi connectivity index (χ3n) is 2.20. The summed E-state index contributed by atoms with van der Waals surface area (Å²) >= 11 is 5.92. The van der Waals surface area contributed by atoms with Gasteiger partial charge in [-0.15, -0.1) is 0 Å². The van der Waals surface area contributed by atoms with Crippen LogP contribution in [-0.4, -0.2) is 30.8 Å². The minimum atomic E-state index is -0.543. The maximum absolute atomic E-state index is 11.6. The lowest BCUT2D eigenvalue weighted by Gasteiger charge is -2.19. The molecule has 6 nitrogen and oxygen atoms in total. The van der Waals surface area contributed by atoms with Crippen molar-refractivity contribution in [2.45, 2.75) is 26.4 Å². The number of anilines is 1. The van der Waals surface area contributed by atoms with Crippen molar-refractivity contribution in [1.29, 1.82) is 0 Å². The van der Waals surface area contributed by atoms with Gasteiger partial charge in [-0.2, -0.15) is 0 Å². The van der Waals surface area contributed by atoms with Crippen LogP contribution in [-0.2, 0) is 4.74 Å². The smallest absolute Gasteiger partial charge is 0.407 e. The Morgan fingerprint density at radius 3 is 2.38 bits per heavy atom. The van der Waals surface area contributed by atoms with Crippen LogP contribution in [0.5, 0.6) is 0 Å². The number of amides is 3. The van der Waals surface area contributed by atoms with E-state index >= 15 is 0 Å². The molecular weight excluding hydrogens is 294 g/mol. The maximum Gasteiger partial charge on any atom is 0.407 e. The number of benzene rings is 1. The van der Waals surface area contributed by atoms with Gasteiger partial charge in [0.2, 0.25) is 0 Å². The minimum Gasteiger partial charge on any atom is -0.444 e. The summed E-state index contributed by atoms with van der Waals surface area (Å²) in [6.07, 6.45) is -0.518. The Morgan fingerprint density at radius 2 is 1.76 bits per heavy atom. The van der Waals surface area contributed by atoms with E-state index in [1.165, 1.54) is 0 Å². The van der Waals surface area contributed by atoms with E-state index in [1.54, 1.807) is 45.0 Å². The summed E-state index contributed by atoms with van der Waals surface area (Å²) in [6, 6.07) is 6.53. The van der Waals surface area contributed by atoms with E-state index in [4.69, 9.17) is 16.3 Å². The molecule has 0 aliphatic heterocycles. The maximum atomic E-state index is 11.6. The first-order valence-corrected chi connectivity index (χ1v) is 6.92. The Kier molecular flexibility index (Phi) is 6.30. The Balaban J connectivity index is 2.23. The van der Waals surface area contributed by atoms with Crippen LogP contribution in [0.1, 0.15) is 20.8 Å². The number of rotatable bonds is 4. The van der Waals surface area contributed by atoms with Crippen LogP contribution in [0.15, 0.2) is 24.3 Å². The first-order chi connectivity index (χ1) is 9.78. The molecule has 21 heavy (non-hydrogen) atoms. The predicted octanol–water partition coefficient (Wildman–Crippen LogP) is 2.99. The first kappa shape index (κ1) is 17.1. The van der Waals surface area contributed by atoms with Gasteiger partial charge in [-0.3, -0.25) is 0 Å². The summed E-state index contributed by atoms with van der Waals surface area (Å²) in [7, 11) is 0. The molecule has 0 aliphatic carbocycles. The van der Waals surface area contributed by atoms with Gasteiger partial charge in [0.1, 0.15) is 5.60 Å². The van der Waals surface area contributed by atoms with Crippen LogP contribution < -0.4 is 16.0 Å². The number of hydrogen-bond donors (Lipinski definition) is 3. The third-order valence-corrected chi connectivity index (χ3v) is 2.53. The monoisotopic (exact) mass is 313 g/mol. The second kappa shape index (κ2) is 7.73. The molecule has 0 spiro atoms. The summed E-state index contributed by atoms with van der Waals surface area (Å²) < 4.78 is 5.06. The number of carbonyl (C=O) groups is 2. The van der Waals surface area contributed by atoms with Gasteiger partial charge in [0.05, 0.1) is 10.7 Å². The standard InChI is InChI=1S/C14H20ClN3O3/c1-14(2,3)21-13(20)17-9-8-16-12(19)18-11-7-5-4-6-10(11)15/h4-7H,8-9H2,1-3H3,(H,17,20)(H2,16,18,19). The molecule has 0 saturated carbocycles. The number of para-hydroxylation sites is 1. The van der Waals surface area contributed by atoms with Crippen molar-refractivity contribution >= 4 is 29.4 Å². The van der Waals surface area contributed by atoms with Crippen LogP contribution in [0.3, 0.4) is 0 Å². The minimum absolute atomic E-state index is 0.269. The average Bonchev–Trinajstić information content (AvgIpc) is 2.35. The van der Waals surface area contributed by atoms with E-state index in [0.717, 1.165) is 0 Å². The summed E-state index contributed by atoms with van der Waals surface area (Å²) in [6.45, 7) is 5.88. The lowest BCUT2D eigenvalue weighted by Crippen LogP contribution is -2.39. The summed E-state index contributed by atoms with van der Waals surface area (Å²) in [4.78, 5) is 23.0. The molecular formula is C14H20ClN3O3. The SMILES string of the molecule is CC(C)(C)OC(=O)NCCNC(=O)Nc1ccccc1Cl. The number of halogens is 1. The van der Waals surface area contributed by atoms with E-state index in [0.29, 0.717) is 10.7 Å². The number of alkyl carbamates (subject to hydrolysis) is 1. The quantitative estimate of drug-likeness (QED) is 0.748. The fraction of sp³-hybridized carbons (Fsp3) is 0.429. The largest absolute Gasteiger partial charge is 0.444 e. The average molecular weight is 314 g/mol. The van der Waals surface area contributed by atoms with Crippen LogP contribution in [0.25, 0.3) is 0 Å². The van der Waals surface area contributed by atoms with Crippen molar-refractivity contribution in [2.24, 2.45) is 0 Å². The highest BCUT2D eigenvalue weighted by Crippen LogP contribution is 2.19. The van der Waals surface area contributed by atoms with Crippen molar-refractivity contribution in [3.8, 4) is 0 Å². The van der Waals surface area contributed by atoms with Crippen molar-refractivity contribution in [3.05, 3.63) is 29.3 Å². The topological polar surface area (TPSA) is 79.5 Å². The molecule has 0 aromatic heterocycles. The van der Waals surface area contributed by atoms with Gasteiger partial charge in [-0.25, -0.2) is 9.59 Å². The van der Waals surface area contributed by atoms with E-state index in [-0.39, 0.29) is 13.1 Å². The predicted molar refractivity (Wildman–Crippen MR) is 82.7 cm³/mol. The zero-order chi connectivity index (χ0) is 15.9. The fourth-order valence-corrected chi connectivity index (χ4v) is 1.57. The second-order valence-corrected chi connectivity index (χ2v) is 5.70. The van der Waals surface area contributed by atoms with Crippen molar-refractivity contribution in [1.82, 2.24) is 10.6 Å². The van der Waals surface area contributed by atoms with Gasteiger partial charge in [-0.1, -0.05) is 23.7 Å². The van der Waals surface area contributed by atoms with Gasteiger partial charge in [0.25, 0.3) is 0 Å². The third kappa shape index (κ3) is 7.41. The molecule has 116 valence electrons. The van der Waals surface area contributed by atoms with E-state index in [1.807, 2.05) is 0 Å². The van der Waals surface area contributed by atoms with Crippen molar-refractivity contribution in [2.75, 3.05) is 18.4 Å². The van der Waals surface area contributed by atoms with Crippen LogP contribution in [0.2, 0.25) is 5.02 Å². The molecule has 3 N–H and O–H groups in total. The molecule has 0 atom stereocenters. The van der Waals surface area contributed by atoms with Gasteiger partial charge in [-0.05, 0) is 32.9 Å². The molecule has 0 saturated heterocycles. The highest BCUT2D eigenvalue weighted by molar-refractivity contribution is 6.33. The van der Waals surface area contributed by atoms with Gasteiger partial charge >= 0.3 is 12.1 Å². The van der Waals surface area contributed by atoms with Crippen molar-refractivity contribution < 1.29 is 14.3 Å². The molecule has 1 rings (SSSR count). The van der Waals surface area contributed by atoms with Crippen LogP contribution in [0, 0.1) is 0 Å². The number of nitrogens with one attached hydrogen (secondary N) is 3. The molecule has 0 fully saturated rings. The molecule has 1 aromatic rings. The van der Waals surface area contributed by atoms with Gasteiger partial charge in [0.15, 0.2) is 0 Å². The normalized spacial score (nSPS) is 10.7. The number of ether oxygens (including phenoxy) is 1. The Bertz CT molecular complexity index is 500. The lowest BCUT2D eigenvalue weighted by atomic mass is 10.2. The summed E-state index contributed by atoms with van der Waals surface area (Å²) in [5.41, 5.74) is -0.0179. The lowest BCUT2D eigenvalue weighted by molar-refractivity contribution is 0.0528. The molecule has 1 aromatic carbocycles. The Labute approximate surface area is 129 Å². The summed E-state index contributed by atoms with van der Waals surface area (Å²) in [5, 5.41) is 8.21. The van der Waals surface area contributed by atoms with Crippen molar-refractivity contribution in [3.63, 3.8) is 0 Å². The van der Waals surface area contributed by atoms with E-state index < -0.39 is 17.7 Å². The molecule has 0 aliphatic rings. The Hall–Kier alpha value is -1.95. The molecule has 3 amide bonds. The fourth-order valence-electron chi connectivity index (χ4n) is 1.38. The molecule has 0 heterocycles. The van der Waals surface area contributed by atoms with Gasteiger partial charge < -0.3 is 20.7 Å². The summed E-state index contributed by atoms with van der Waals surface area (Å²) in [5.74, 6) is 0. The molecule has 0 unspecified atom stereocenters. The van der Waals surface area contributed by atoms with Gasteiger partial charge in [0, 0.05) is 13.1 Å². The highest BCUT2D eigenvalue weighted by atomic mass is 35.5. The number of carbonyl (C=O) groups excluding carboxylic acids is 2. The second-order valence-electron chi connectivity index (χ2n) is 5.29. The highest BCUT2D eigenvalue weighted by Gasteiger charge is 2.15. The first-order valence-electron chi connectivity index (χ1n) is 6.54. The molecule has 7 heteroatoms. The molecule has 0 bridgehead atoms.